The minimum absolute atomic E-state index is 0.122. The molecule has 31 heavy (non-hydrogen) atoms. The maximum atomic E-state index is 12.7. The number of carbonyl (C=O) groups excluding carboxylic acids is 2. The molecule has 0 atom stereocenters. The number of thiophene rings is 1. The number of sulfonamides is 1. The highest BCUT2D eigenvalue weighted by Gasteiger charge is 2.27. The van der Waals surface area contributed by atoms with Crippen molar-refractivity contribution < 1.29 is 27.5 Å². The lowest BCUT2D eigenvalue weighted by atomic mass is 10.0. The van der Waals surface area contributed by atoms with Gasteiger partial charge in [-0.05, 0) is 47.5 Å². The quantitative estimate of drug-likeness (QED) is 0.630. The number of carbonyl (C=O) groups is 2. The summed E-state index contributed by atoms with van der Waals surface area (Å²) in [7, 11) is -2.33. The highest BCUT2D eigenvalue weighted by Crippen LogP contribution is 2.31. The molecular weight excluding hydrogens is 440 g/mol. The number of benzene rings is 1. The number of hydrogen-bond donors (Lipinski definition) is 1. The fraction of sp³-hybridized carbons (Fsp3) is 0.429. The standard InChI is InChI=1S/C21H26N2O6S2/c1-14(2)12-16-13-30-20(18(16)21(25)28-3)22-19(24)15-4-6-17(7-5-15)31(26,27)23-8-10-29-11-9-23/h4-7,13-14H,8-12H2,1-3H3,(H,22,24). The SMILES string of the molecule is COC(=O)c1c(CC(C)C)csc1NC(=O)c1ccc(S(=O)(=O)N2CCOCC2)cc1. The Bertz CT molecular complexity index is 1040. The number of esters is 1. The molecule has 3 rings (SSSR count). The third-order valence-electron chi connectivity index (χ3n) is 4.84. The van der Waals surface area contributed by atoms with Gasteiger partial charge in [-0.3, -0.25) is 4.79 Å². The summed E-state index contributed by atoms with van der Waals surface area (Å²) in [6, 6.07) is 5.76. The Hall–Kier alpha value is -2.27. The molecule has 1 N–H and O–H groups in total. The molecule has 1 aromatic carbocycles. The fourth-order valence-electron chi connectivity index (χ4n) is 3.29. The summed E-state index contributed by atoms with van der Waals surface area (Å²) in [6.45, 7) is 5.42. The summed E-state index contributed by atoms with van der Waals surface area (Å²) in [6.07, 6.45) is 0.685. The van der Waals surface area contributed by atoms with Gasteiger partial charge in [0.15, 0.2) is 0 Å². The van der Waals surface area contributed by atoms with E-state index in [2.05, 4.69) is 5.32 Å². The number of methoxy groups -OCH3 is 1. The van der Waals surface area contributed by atoms with Gasteiger partial charge in [-0.1, -0.05) is 13.8 Å². The molecule has 1 aliphatic rings. The zero-order chi connectivity index (χ0) is 22.6. The number of nitrogens with one attached hydrogen (secondary N) is 1. The maximum Gasteiger partial charge on any atom is 0.341 e. The van der Waals surface area contributed by atoms with Crippen molar-refractivity contribution in [2.75, 3.05) is 38.7 Å². The van der Waals surface area contributed by atoms with Crippen molar-refractivity contribution >= 4 is 38.2 Å². The topological polar surface area (TPSA) is 102 Å². The normalized spacial score (nSPS) is 15.1. The summed E-state index contributed by atoms with van der Waals surface area (Å²) >= 11 is 1.26. The van der Waals surface area contributed by atoms with Crippen LogP contribution in [0.4, 0.5) is 5.00 Å². The molecular formula is C21H26N2O6S2. The molecule has 168 valence electrons. The zero-order valence-electron chi connectivity index (χ0n) is 17.7. The van der Waals surface area contributed by atoms with Crippen LogP contribution in [0.5, 0.6) is 0 Å². The van der Waals surface area contributed by atoms with Crippen LogP contribution in [0, 0.1) is 5.92 Å². The van der Waals surface area contributed by atoms with Gasteiger partial charge in [0.2, 0.25) is 10.0 Å². The first-order valence-corrected chi connectivity index (χ1v) is 12.2. The van der Waals surface area contributed by atoms with Gasteiger partial charge in [0.1, 0.15) is 5.00 Å². The molecule has 1 aromatic heterocycles. The van der Waals surface area contributed by atoms with Crippen LogP contribution < -0.4 is 5.32 Å². The second-order valence-electron chi connectivity index (χ2n) is 7.55. The van der Waals surface area contributed by atoms with Crippen LogP contribution in [0.2, 0.25) is 0 Å². The molecule has 8 nitrogen and oxygen atoms in total. The summed E-state index contributed by atoms with van der Waals surface area (Å²) in [5, 5.41) is 5.02. The third-order valence-corrected chi connectivity index (χ3v) is 7.69. The average molecular weight is 467 g/mol. The predicted octanol–water partition coefficient (Wildman–Crippen LogP) is 3.01. The molecule has 0 bridgehead atoms. The first-order valence-electron chi connectivity index (χ1n) is 9.92. The maximum absolute atomic E-state index is 12.7. The van der Waals surface area contributed by atoms with Crippen LogP contribution in [0.25, 0.3) is 0 Å². The van der Waals surface area contributed by atoms with Crippen molar-refractivity contribution in [1.82, 2.24) is 4.31 Å². The molecule has 1 fully saturated rings. The molecule has 0 unspecified atom stereocenters. The van der Waals surface area contributed by atoms with Crippen LogP contribution >= 0.6 is 11.3 Å². The molecule has 10 heteroatoms. The first-order chi connectivity index (χ1) is 14.7. The van der Waals surface area contributed by atoms with Crippen molar-refractivity contribution in [3.05, 3.63) is 46.3 Å². The zero-order valence-corrected chi connectivity index (χ0v) is 19.3. The summed E-state index contributed by atoms with van der Waals surface area (Å²) < 4.78 is 36.9. The average Bonchev–Trinajstić information content (AvgIpc) is 3.15. The van der Waals surface area contributed by atoms with Crippen molar-refractivity contribution in [3.63, 3.8) is 0 Å². The van der Waals surface area contributed by atoms with E-state index in [0.717, 1.165) is 5.56 Å². The van der Waals surface area contributed by atoms with Gasteiger partial charge >= 0.3 is 5.97 Å². The summed E-state index contributed by atoms with van der Waals surface area (Å²) in [5.74, 6) is -0.597. The van der Waals surface area contributed by atoms with Crippen molar-refractivity contribution in [2.45, 2.75) is 25.2 Å². The highest BCUT2D eigenvalue weighted by molar-refractivity contribution is 7.89. The largest absolute Gasteiger partial charge is 0.465 e. The van der Waals surface area contributed by atoms with Gasteiger partial charge < -0.3 is 14.8 Å². The summed E-state index contributed by atoms with van der Waals surface area (Å²) in [5.41, 5.74) is 1.48. The molecule has 2 aromatic rings. The Labute approximate surface area is 186 Å². The van der Waals surface area contributed by atoms with E-state index in [1.807, 2.05) is 19.2 Å². The van der Waals surface area contributed by atoms with Gasteiger partial charge in [-0.15, -0.1) is 11.3 Å². The number of ether oxygens (including phenoxy) is 2. The molecule has 0 aliphatic carbocycles. The number of anilines is 1. The van der Waals surface area contributed by atoms with Crippen LogP contribution in [0.3, 0.4) is 0 Å². The molecule has 0 spiro atoms. The van der Waals surface area contributed by atoms with E-state index in [9.17, 15) is 18.0 Å². The van der Waals surface area contributed by atoms with E-state index in [1.54, 1.807) is 0 Å². The third kappa shape index (κ3) is 5.32. The van der Waals surface area contributed by atoms with Crippen LogP contribution in [0.1, 0.15) is 40.1 Å². The Morgan fingerprint density at radius 2 is 1.84 bits per heavy atom. The monoisotopic (exact) mass is 466 g/mol. The fourth-order valence-corrected chi connectivity index (χ4v) is 5.66. The minimum Gasteiger partial charge on any atom is -0.465 e. The van der Waals surface area contributed by atoms with Gasteiger partial charge in [0.05, 0.1) is 30.8 Å². The highest BCUT2D eigenvalue weighted by atomic mass is 32.2. The number of hydrogen-bond acceptors (Lipinski definition) is 7. The lowest BCUT2D eigenvalue weighted by Gasteiger charge is -2.26. The van der Waals surface area contributed by atoms with E-state index in [1.165, 1.54) is 47.0 Å². The molecule has 1 saturated heterocycles. The van der Waals surface area contributed by atoms with Gasteiger partial charge in [0.25, 0.3) is 5.91 Å². The number of nitrogens with zero attached hydrogens (tertiary/aromatic N) is 1. The van der Waals surface area contributed by atoms with Gasteiger partial charge in [-0.2, -0.15) is 4.31 Å². The predicted molar refractivity (Wildman–Crippen MR) is 118 cm³/mol. The second kappa shape index (κ2) is 9.90. The van der Waals surface area contributed by atoms with Crippen LogP contribution in [-0.4, -0.2) is 58.0 Å². The van der Waals surface area contributed by atoms with E-state index >= 15 is 0 Å². The molecule has 0 radical (unpaired) electrons. The molecule has 0 saturated carbocycles. The van der Waals surface area contributed by atoms with Crippen molar-refractivity contribution in [3.8, 4) is 0 Å². The van der Waals surface area contributed by atoms with Crippen molar-refractivity contribution in [1.29, 1.82) is 0 Å². The Morgan fingerprint density at radius 1 is 1.19 bits per heavy atom. The van der Waals surface area contributed by atoms with E-state index in [-0.39, 0.29) is 10.5 Å². The lowest BCUT2D eigenvalue weighted by Crippen LogP contribution is -2.40. The molecule has 1 aliphatic heterocycles. The van der Waals surface area contributed by atoms with E-state index in [0.29, 0.717) is 49.2 Å². The van der Waals surface area contributed by atoms with Gasteiger partial charge in [0, 0.05) is 18.7 Å². The van der Waals surface area contributed by atoms with E-state index < -0.39 is 21.9 Å². The number of amides is 1. The summed E-state index contributed by atoms with van der Waals surface area (Å²) in [4.78, 5) is 25.1. The first kappa shape index (κ1) is 23.4. The minimum atomic E-state index is -3.63. The van der Waals surface area contributed by atoms with Crippen LogP contribution in [-0.2, 0) is 25.9 Å². The number of morpholine rings is 1. The Kier molecular flexibility index (Phi) is 7.47. The van der Waals surface area contributed by atoms with Gasteiger partial charge in [-0.25, -0.2) is 13.2 Å². The second-order valence-corrected chi connectivity index (χ2v) is 10.4. The smallest absolute Gasteiger partial charge is 0.341 e. The molecule has 1 amide bonds. The van der Waals surface area contributed by atoms with Crippen LogP contribution in [0.15, 0.2) is 34.5 Å². The van der Waals surface area contributed by atoms with E-state index in [4.69, 9.17) is 9.47 Å². The Morgan fingerprint density at radius 3 is 2.42 bits per heavy atom. The molecule has 2 heterocycles. The Balaban J connectivity index is 1.78. The lowest BCUT2D eigenvalue weighted by molar-refractivity contribution is 0.0601. The van der Waals surface area contributed by atoms with Crippen molar-refractivity contribution in [2.24, 2.45) is 5.92 Å². The number of rotatable bonds is 7.